The van der Waals surface area contributed by atoms with Gasteiger partial charge in [0.1, 0.15) is 10.6 Å². The maximum absolute atomic E-state index is 12.4. The number of rotatable bonds is 13. The molecular formula is C31H31N10O9S3+. The van der Waals surface area contributed by atoms with Crippen LogP contribution in [0.25, 0.3) is 5.95 Å². The molecule has 5 rings (SSSR count). The van der Waals surface area contributed by atoms with E-state index in [1.54, 1.807) is 19.9 Å². The van der Waals surface area contributed by atoms with Crippen LogP contribution in [0.3, 0.4) is 0 Å². The van der Waals surface area contributed by atoms with Crippen LogP contribution >= 0.6 is 0 Å². The average Bonchev–Trinajstić information content (AvgIpc) is 3.08. The number of aryl methyl sites for hydroxylation is 1. The second-order valence-electron chi connectivity index (χ2n) is 11.2. The lowest BCUT2D eigenvalue weighted by atomic mass is 10.1. The van der Waals surface area contributed by atoms with Crippen LogP contribution in [0.1, 0.15) is 29.3 Å². The summed E-state index contributed by atoms with van der Waals surface area (Å²) in [5.41, 5.74) is 13.0. The van der Waals surface area contributed by atoms with Gasteiger partial charge in [-0.25, -0.2) is 13.0 Å². The number of carbonyl (C=O) groups excluding carboxylic acids is 1. The third-order valence-corrected chi connectivity index (χ3v) is 11.0. The normalized spacial score (nSPS) is 12.2. The van der Waals surface area contributed by atoms with E-state index in [1.807, 2.05) is 0 Å². The van der Waals surface area contributed by atoms with Gasteiger partial charge in [-0.1, -0.05) is 6.92 Å². The molecule has 0 aliphatic heterocycles. The monoisotopic (exact) mass is 783 g/mol. The first-order chi connectivity index (χ1) is 24.8. The number of hydrogen-bond donors (Lipinski definition) is 6. The minimum atomic E-state index is -4.95. The zero-order valence-corrected chi connectivity index (χ0v) is 30.2. The number of benzene rings is 3. The number of anilines is 5. The van der Waals surface area contributed by atoms with Gasteiger partial charge >= 0.3 is 17.8 Å². The Kier molecular flexibility index (Phi) is 10.8. The molecule has 22 heteroatoms. The van der Waals surface area contributed by atoms with Gasteiger partial charge in [-0.3, -0.25) is 13.9 Å². The van der Waals surface area contributed by atoms with Gasteiger partial charge in [-0.05, 0) is 95.6 Å². The molecule has 1 amide bonds. The van der Waals surface area contributed by atoms with Gasteiger partial charge in [0.05, 0.1) is 45.0 Å². The Morgan fingerprint density at radius 1 is 0.792 bits per heavy atom. The van der Waals surface area contributed by atoms with E-state index in [1.165, 1.54) is 59.4 Å². The van der Waals surface area contributed by atoms with Crippen molar-refractivity contribution in [3.05, 3.63) is 90.3 Å². The molecule has 0 bridgehead atoms. The number of hydrogen-bond acceptors (Lipinski definition) is 15. The van der Waals surface area contributed by atoms with E-state index in [0.717, 1.165) is 18.2 Å². The summed E-state index contributed by atoms with van der Waals surface area (Å²) in [4.78, 5) is 23.3. The van der Waals surface area contributed by atoms with E-state index in [0.29, 0.717) is 23.4 Å². The van der Waals surface area contributed by atoms with Gasteiger partial charge < -0.3 is 22.1 Å². The van der Waals surface area contributed by atoms with Crippen molar-refractivity contribution in [2.45, 2.75) is 35.0 Å². The molecule has 0 aliphatic rings. The molecule has 0 saturated carbocycles. The zero-order chi connectivity index (χ0) is 38.7. The van der Waals surface area contributed by atoms with Crippen LogP contribution in [-0.4, -0.2) is 61.0 Å². The van der Waals surface area contributed by atoms with Crippen molar-refractivity contribution in [1.82, 2.24) is 15.0 Å². The van der Waals surface area contributed by atoms with Crippen LogP contribution < -0.4 is 26.7 Å². The van der Waals surface area contributed by atoms with Crippen LogP contribution in [0.2, 0.25) is 0 Å². The number of azo groups is 1. The van der Waals surface area contributed by atoms with Gasteiger partial charge in [-0.15, -0.1) is 10.1 Å². The molecule has 5 aromatic rings. The molecule has 0 unspecified atom stereocenters. The van der Waals surface area contributed by atoms with E-state index < -0.39 is 51.5 Å². The maximum Gasteiger partial charge on any atom is 0.444 e. The fourth-order valence-electron chi connectivity index (χ4n) is 4.66. The number of aromatic nitrogens is 4. The molecular weight excluding hydrogens is 753 g/mol. The number of nitrogens with zero attached hydrogens (tertiary/aromatic N) is 6. The fourth-order valence-corrected chi connectivity index (χ4v) is 7.12. The Morgan fingerprint density at radius 3 is 1.96 bits per heavy atom. The largest absolute Gasteiger partial charge is 0.444 e. The topological polar surface area (TPSA) is 303 Å². The van der Waals surface area contributed by atoms with Crippen molar-refractivity contribution >= 4 is 76.3 Å². The van der Waals surface area contributed by atoms with Crippen molar-refractivity contribution in [2.24, 2.45) is 16.0 Å². The summed E-state index contributed by atoms with van der Waals surface area (Å²) in [5.74, 6) is -1.41. The first-order valence-electron chi connectivity index (χ1n) is 15.2. The number of carbonyl (C=O) groups is 1. The number of nitrogens with two attached hydrogens (primary N) is 2. The maximum atomic E-state index is 12.4. The first kappa shape index (κ1) is 38.3. The van der Waals surface area contributed by atoms with Crippen LogP contribution in [0.5, 0.6) is 0 Å². The number of sulfone groups is 1. The van der Waals surface area contributed by atoms with Crippen molar-refractivity contribution < 1.29 is 43.7 Å². The smallest absolute Gasteiger partial charge is 0.398 e. The highest BCUT2D eigenvalue weighted by Crippen LogP contribution is 2.34. The molecule has 3 aromatic carbocycles. The molecule has 0 fully saturated rings. The Morgan fingerprint density at radius 2 is 1.40 bits per heavy atom. The summed E-state index contributed by atoms with van der Waals surface area (Å²) in [7, 11) is -13.2. The van der Waals surface area contributed by atoms with Crippen LogP contribution in [0.4, 0.5) is 40.3 Å². The summed E-state index contributed by atoms with van der Waals surface area (Å²) in [5, 5.41) is 14.1. The van der Waals surface area contributed by atoms with Crippen molar-refractivity contribution in [3.63, 3.8) is 0 Å². The van der Waals surface area contributed by atoms with Crippen LogP contribution in [-0.2, 0) is 30.1 Å². The zero-order valence-electron chi connectivity index (χ0n) is 27.7. The van der Waals surface area contributed by atoms with E-state index >= 15 is 0 Å². The Labute approximate surface area is 303 Å². The SMILES string of the molecule is CCCS(=O)(=O)c1ccc(N=Nc2cc(C)c(N)cc2Nc2nc(Nc3cc(S(=O)(=O)O)ccc3S(=O)(=O)O)nc(-[n+]3ccc(C(N)=O)cc3)n2)cc1. The minimum absolute atomic E-state index is 0.000519. The molecule has 0 spiro atoms. The second kappa shape index (κ2) is 15.0. The highest BCUT2D eigenvalue weighted by atomic mass is 32.2. The molecule has 0 atom stereocenters. The van der Waals surface area contributed by atoms with Crippen LogP contribution in [0, 0.1) is 6.92 Å². The van der Waals surface area contributed by atoms with Crippen LogP contribution in [0.15, 0.2) is 104 Å². The average molecular weight is 784 g/mol. The lowest BCUT2D eigenvalue weighted by molar-refractivity contribution is -0.603. The molecule has 0 aliphatic carbocycles. The van der Waals surface area contributed by atoms with Gasteiger partial charge in [0.15, 0.2) is 9.84 Å². The van der Waals surface area contributed by atoms with E-state index in [-0.39, 0.29) is 45.4 Å². The number of pyridine rings is 1. The van der Waals surface area contributed by atoms with Crippen molar-refractivity contribution in [2.75, 3.05) is 22.1 Å². The number of nitrogens with one attached hydrogen (secondary N) is 2. The quantitative estimate of drug-likeness (QED) is 0.0429. The van der Waals surface area contributed by atoms with Gasteiger partial charge in [-0.2, -0.15) is 21.9 Å². The summed E-state index contributed by atoms with van der Waals surface area (Å²) < 4.78 is 93.7. The van der Waals surface area contributed by atoms with Gasteiger partial charge in [0, 0.05) is 11.3 Å². The molecule has 53 heavy (non-hydrogen) atoms. The van der Waals surface area contributed by atoms with Gasteiger partial charge in [0.25, 0.3) is 20.2 Å². The summed E-state index contributed by atoms with van der Waals surface area (Å²) in [6.07, 6.45) is 3.26. The second-order valence-corrected chi connectivity index (χ2v) is 16.2. The summed E-state index contributed by atoms with van der Waals surface area (Å²) >= 11 is 0. The molecule has 2 heterocycles. The fraction of sp³-hybridized carbons (Fsp3) is 0.129. The predicted octanol–water partition coefficient (Wildman–Crippen LogP) is 3.72. The lowest BCUT2D eigenvalue weighted by Crippen LogP contribution is -2.33. The summed E-state index contributed by atoms with van der Waals surface area (Å²) in [6, 6.07) is 14.0. The third kappa shape index (κ3) is 9.30. The lowest BCUT2D eigenvalue weighted by Gasteiger charge is -2.11. The molecule has 19 nitrogen and oxygen atoms in total. The number of amides is 1. The number of nitrogen functional groups attached to an aromatic ring is 1. The van der Waals surface area contributed by atoms with Crippen molar-refractivity contribution in [3.8, 4) is 5.95 Å². The Hall–Kier alpha value is -5.94. The van der Waals surface area contributed by atoms with E-state index in [9.17, 15) is 39.2 Å². The van der Waals surface area contributed by atoms with Crippen molar-refractivity contribution in [1.29, 1.82) is 0 Å². The molecule has 2 aromatic heterocycles. The minimum Gasteiger partial charge on any atom is -0.398 e. The molecule has 0 saturated heterocycles. The molecule has 0 radical (unpaired) electrons. The predicted molar refractivity (Wildman–Crippen MR) is 191 cm³/mol. The Balaban J connectivity index is 1.59. The molecule has 276 valence electrons. The Bertz CT molecular complexity index is 2590. The standard InChI is InChI=1S/C31H30N10O9S3/c1-3-14-51(43,44)21-6-4-20(5-7-21)39-40-25-15-18(2)23(32)17-24(25)34-29-36-30(38-31(37-29)41-12-10-19(11-13-41)28(33)42)35-26-16-22(52(45,46)47)8-9-27(26)53(48,49)50/h4-13,15-17H,3,14H2,1-2H3,(H7-,32,33,34,35,36,37,38,39,42,45,46,47,48,49,50)/p+1. The third-order valence-electron chi connectivity index (χ3n) is 7.31. The summed E-state index contributed by atoms with van der Waals surface area (Å²) in [6.45, 7) is 3.50. The van der Waals surface area contributed by atoms with E-state index in [2.05, 4.69) is 35.8 Å². The van der Waals surface area contributed by atoms with Gasteiger partial charge in [0.2, 0.25) is 5.91 Å². The first-order valence-corrected chi connectivity index (χ1v) is 19.7. The number of primary amides is 1. The highest BCUT2D eigenvalue weighted by molar-refractivity contribution is 7.91. The molecule has 8 N–H and O–H groups in total. The van der Waals surface area contributed by atoms with E-state index in [4.69, 9.17) is 11.5 Å². The highest BCUT2D eigenvalue weighted by Gasteiger charge is 2.24.